The first-order valence-corrected chi connectivity index (χ1v) is 12.0. The minimum Gasteiger partial charge on any atom is -0.490 e. The van der Waals surface area contributed by atoms with E-state index in [2.05, 4.69) is 9.72 Å². The zero-order chi connectivity index (χ0) is 26.9. The Balaban J connectivity index is 1.22. The van der Waals surface area contributed by atoms with E-state index in [0.717, 1.165) is 5.56 Å². The van der Waals surface area contributed by atoms with Crippen molar-refractivity contribution in [3.8, 4) is 17.2 Å². The van der Waals surface area contributed by atoms with E-state index in [1.165, 1.54) is 32.7 Å². The number of esters is 2. The maximum Gasteiger partial charge on any atom is 0.415 e. The summed E-state index contributed by atoms with van der Waals surface area (Å²) >= 11 is 0. The number of carbonyl (C=O) groups is 3. The highest BCUT2D eigenvalue weighted by molar-refractivity contribution is 5.90. The van der Waals surface area contributed by atoms with E-state index in [0.29, 0.717) is 49.6 Å². The molecular formula is C28H28N2O8. The van der Waals surface area contributed by atoms with Gasteiger partial charge in [0.1, 0.15) is 24.2 Å². The van der Waals surface area contributed by atoms with E-state index < -0.39 is 18.0 Å². The van der Waals surface area contributed by atoms with E-state index in [4.69, 9.17) is 18.9 Å². The number of rotatable bonds is 8. The summed E-state index contributed by atoms with van der Waals surface area (Å²) in [6.07, 6.45) is 3.44. The molecule has 0 aliphatic carbocycles. The summed E-state index contributed by atoms with van der Waals surface area (Å²) in [7, 11) is 2.62. The molecule has 0 atom stereocenters. The molecule has 1 aromatic heterocycles. The van der Waals surface area contributed by atoms with Gasteiger partial charge in [-0.15, -0.1) is 0 Å². The Bertz CT molecular complexity index is 1270. The number of pyridine rings is 1. The van der Waals surface area contributed by atoms with Gasteiger partial charge in [-0.1, -0.05) is 12.1 Å². The molecule has 2 heterocycles. The third-order valence-electron chi connectivity index (χ3n) is 5.92. The molecule has 0 N–H and O–H groups in total. The van der Waals surface area contributed by atoms with Gasteiger partial charge in [0.25, 0.3) is 0 Å². The fraction of sp³-hybridized carbons (Fsp3) is 0.286. The molecule has 1 aliphatic rings. The van der Waals surface area contributed by atoms with Crippen LogP contribution in [-0.2, 0) is 16.1 Å². The molecule has 0 bridgehead atoms. The fourth-order valence-electron chi connectivity index (χ4n) is 3.91. The fourth-order valence-corrected chi connectivity index (χ4v) is 3.91. The van der Waals surface area contributed by atoms with Crippen molar-refractivity contribution < 1.29 is 38.1 Å². The number of ether oxygens (including phenoxy) is 5. The van der Waals surface area contributed by atoms with Crippen LogP contribution in [0.5, 0.6) is 17.2 Å². The molecule has 10 heteroatoms. The minimum atomic E-state index is -0.557. The Morgan fingerprint density at radius 2 is 1.53 bits per heavy atom. The predicted molar refractivity (Wildman–Crippen MR) is 135 cm³/mol. The summed E-state index contributed by atoms with van der Waals surface area (Å²) in [5.41, 5.74) is 1.53. The van der Waals surface area contributed by atoms with Gasteiger partial charge in [0, 0.05) is 32.1 Å². The highest BCUT2D eigenvalue weighted by atomic mass is 16.6. The lowest BCUT2D eigenvalue weighted by Crippen LogP contribution is -2.43. The minimum absolute atomic E-state index is 0.0452. The molecule has 1 fully saturated rings. The molecule has 38 heavy (non-hydrogen) atoms. The second kappa shape index (κ2) is 12.6. The number of amides is 1. The number of hydrogen-bond donors (Lipinski definition) is 0. The van der Waals surface area contributed by atoms with Crippen molar-refractivity contribution in [3.05, 3.63) is 83.7 Å². The Morgan fingerprint density at radius 1 is 0.842 bits per heavy atom. The second-order valence-corrected chi connectivity index (χ2v) is 8.53. The smallest absolute Gasteiger partial charge is 0.415 e. The van der Waals surface area contributed by atoms with Crippen molar-refractivity contribution in [2.45, 2.75) is 25.6 Å². The van der Waals surface area contributed by atoms with Crippen LogP contribution in [0.3, 0.4) is 0 Å². The van der Waals surface area contributed by atoms with Crippen LogP contribution >= 0.6 is 0 Å². The first-order chi connectivity index (χ1) is 18.4. The average Bonchev–Trinajstić information content (AvgIpc) is 2.96. The summed E-state index contributed by atoms with van der Waals surface area (Å²) in [6.45, 7) is 1.25. The van der Waals surface area contributed by atoms with Crippen LogP contribution < -0.4 is 14.2 Å². The van der Waals surface area contributed by atoms with Crippen LogP contribution in [0.4, 0.5) is 4.79 Å². The van der Waals surface area contributed by atoms with Crippen molar-refractivity contribution >= 4 is 18.0 Å². The van der Waals surface area contributed by atoms with Gasteiger partial charge in [-0.25, -0.2) is 14.4 Å². The van der Waals surface area contributed by atoms with Crippen LogP contribution in [0.2, 0.25) is 0 Å². The average molecular weight is 521 g/mol. The lowest BCUT2D eigenvalue weighted by Gasteiger charge is -2.31. The molecule has 0 saturated carbocycles. The molecule has 1 aliphatic heterocycles. The molecule has 2 aromatic carbocycles. The molecule has 0 radical (unpaired) electrons. The zero-order valence-electron chi connectivity index (χ0n) is 21.1. The molecule has 0 spiro atoms. The van der Waals surface area contributed by atoms with Gasteiger partial charge in [-0.05, 0) is 48.0 Å². The van der Waals surface area contributed by atoms with E-state index in [9.17, 15) is 14.4 Å². The van der Waals surface area contributed by atoms with Crippen LogP contribution in [0, 0.1) is 0 Å². The first-order valence-electron chi connectivity index (χ1n) is 12.0. The lowest BCUT2D eigenvalue weighted by atomic mass is 10.1. The third kappa shape index (κ3) is 7.00. The number of carbonyl (C=O) groups excluding carboxylic acids is 3. The topological polar surface area (TPSA) is 113 Å². The first kappa shape index (κ1) is 26.5. The predicted octanol–water partition coefficient (Wildman–Crippen LogP) is 4.28. The Kier molecular flexibility index (Phi) is 8.76. The van der Waals surface area contributed by atoms with Crippen molar-refractivity contribution in [3.63, 3.8) is 0 Å². The molecular weight excluding hydrogens is 492 g/mol. The van der Waals surface area contributed by atoms with E-state index in [1.54, 1.807) is 23.1 Å². The summed E-state index contributed by atoms with van der Waals surface area (Å²) in [4.78, 5) is 41.4. The normalized spacial score (nSPS) is 13.4. The van der Waals surface area contributed by atoms with Crippen LogP contribution in [0.25, 0.3) is 0 Å². The number of aromatic nitrogens is 1. The quantitative estimate of drug-likeness (QED) is 0.402. The Hall–Kier alpha value is -4.60. The number of benzene rings is 2. The van der Waals surface area contributed by atoms with Gasteiger partial charge in [-0.2, -0.15) is 0 Å². The zero-order valence-corrected chi connectivity index (χ0v) is 21.1. The van der Waals surface area contributed by atoms with Crippen LogP contribution in [-0.4, -0.2) is 61.3 Å². The molecule has 198 valence electrons. The highest BCUT2D eigenvalue weighted by Gasteiger charge is 2.25. The van der Waals surface area contributed by atoms with Gasteiger partial charge in [0.2, 0.25) is 0 Å². The summed E-state index contributed by atoms with van der Waals surface area (Å²) < 4.78 is 26.7. The van der Waals surface area contributed by atoms with Gasteiger partial charge in [0.15, 0.2) is 5.75 Å². The van der Waals surface area contributed by atoms with Gasteiger partial charge in [-0.3, -0.25) is 4.98 Å². The number of hydrogen-bond acceptors (Lipinski definition) is 9. The van der Waals surface area contributed by atoms with E-state index >= 15 is 0 Å². The van der Waals surface area contributed by atoms with Crippen LogP contribution in [0.1, 0.15) is 39.1 Å². The van der Waals surface area contributed by atoms with Gasteiger partial charge >= 0.3 is 18.0 Å². The Labute approximate surface area is 220 Å². The number of likely N-dealkylation sites (tertiary alicyclic amines) is 1. The van der Waals surface area contributed by atoms with Crippen molar-refractivity contribution in [1.29, 1.82) is 0 Å². The summed E-state index contributed by atoms with van der Waals surface area (Å²) in [6, 6.07) is 15.8. The van der Waals surface area contributed by atoms with Crippen molar-refractivity contribution in [2.24, 2.45) is 0 Å². The Morgan fingerprint density at radius 3 is 2.24 bits per heavy atom. The van der Waals surface area contributed by atoms with E-state index in [1.807, 2.05) is 30.3 Å². The molecule has 3 aromatic rings. The standard InChI is InChI=1S/C28H28N2O8/c1-34-26(31)20-5-3-4-19(14-20)18-36-22-6-8-23(9-7-22)37-24-10-12-30(13-11-24)28(33)38-25-15-21(16-29-17-25)27(32)35-2/h3-9,14-17,24H,10-13,18H2,1-2H3. The van der Waals surface area contributed by atoms with E-state index in [-0.39, 0.29) is 17.4 Å². The molecule has 1 amide bonds. The number of methoxy groups -OCH3 is 2. The maximum atomic E-state index is 12.5. The van der Waals surface area contributed by atoms with Gasteiger partial charge in [0.05, 0.1) is 31.5 Å². The molecule has 4 rings (SSSR count). The van der Waals surface area contributed by atoms with Gasteiger partial charge < -0.3 is 28.6 Å². The highest BCUT2D eigenvalue weighted by Crippen LogP contribution is 2.23. The number of piperidine rings is 1. The van der Waals surface area contributed by atoms with Crippen molar-refractivity contribution in [1.82, 2.24) is 9.88 Å². The summed E-state index contributed by atoms with van der Waals surface area (Å²) in [5.74, 6) is 0.604. The summed E-state index contributed by atoms with van der Waals surface area (Å²) in [5, 5.41) is 0. The number of nitrogens with zero attached hydrogens (tertiary/aromatic N) is 2. The lowest BCUT2D eigenvalue weighted by molar-refractivity contribution is 0.0591. The molecule has 0 unspecified atom stereocenters. The van der Waals surface area contributed by atoms with Crippen molar-refractivity contribution in [2.75, 3.05) is 27.3 Å². The van der Waals surface area contributed by atoms with Crippen LogP contribution in [0.15, 0.2) is 67.0 Å². The molecule has 1 saturated heterocycles. The molecule has 10 nitrogen and oxygen atoms in total. The third-order valence-corrected chi connectivity index (χ3v) is 5.92. The maximum absolute atomic E-state index is 12.5. The second-order valence-electron chi connectivity index (χ2n) is 8.53. The largest absolute Gasteiger partial charge is 0.490 e. The SMILES string of the molecule is COC(=O)c1cccc(COc2ccc(OC3CCN(C(=O)Oc4cncc(C(=O)OC)c4)CC3)cc2)c1. The monoisotopic (exact) mass is 520 g/mol.